The SMILES string of the molecule is CC(C1CC1)n1nccc1NC(=O)c1cc(C2CC2)on1. The molecule has 110 valence electrons. The van der Waals surface area contributed by atoms with Gasteiger partial charge in [0.2, 0.25) is 0 Å². The molecule has 2 saturated carbocycles. The molecule has 2 aliphatic rings. The lowest BCUT2D eigenvalue weighted by Crippen LogP contribution is -2.18. The highest BCUT2D eigenvalue weighted by atomic mass is 16.5. The molecule has 0 aromatic carbocycles. The van der Waals surface area contributed by atoms with Crippen LogP contribution in [0, 0.1) is 5.92 Å². The van der Waals surface area contributed by atoms with Gasteiger partial charge in [0.15, 0.2) is 5.69 Å². The quantitative estimate of drug-likeness (QED) is 0.917. The zero-order chi connectivity index (χ0) is 14.4. The van der Waals surface area contributed by atoms with Gasteiger partial charge in [0.25, 0.3) is 5.91 Å². The molecule has 0 radical (unpaired) electrons. The van der Waals surface area contributed by atoms with Gasteiger partial charge < -0.3 is 9.84 Å². The minimum Gasteiger partial charge on any atom is -0.360 e. The number of anilines is 1. The summed E-state index contributed by atoms with van der Waals surface area (Å²) in [5, 5.41) is 11.1. The van der Waals surface area contributed by atoms with Gasteiger partial charge in [-0.25, -0.2) is 4.68 Å². The highest BCUT2D eigenvalue weighted by Crippen LogP contribution is 2.41. The first-order valence-electron chi connectivity index (χ1n) is 7.54. The average molecular weight is 286 g/mol. The average Bonchev–Trinajstić information content (AvgIpc) is 3.41. The predicted octanol–water partition coefficient (Wildman–Crippen LogP) is 2.97. The van der Waals surface area contributed by atoms with Crippen molar-refractivity contribution in [2.75, 3.05) is 5.32 Å². The van der Waals surface area contributed by atoms with Gasteiger partial charge in [0, 0.05) is 18.1 Å². The second-order valence-electron chi connectivity index (χ2n) is 6.08. The summed E-state index contributed by atoms with van der Waals surface area (Å²) in [4.78, 5) is 12.3. The Morgan fingerprint density at radius 1 is 1.43 bits per heavy atom. The summed E-state index contributed by atoms with van der Waals surface area (Å²) in [6.45, 7) is 2.14. The van der Waals surface area contributed by atoms with Crippen LogP contribution in [0.3, 0.4) is 0 Å². The van der Waals surface area contributed by atoms with Crippen LogP contribution in [0.15, 0.2) is 22.9 Å². The van der Waals surface area contributed by atoms with Gasteiger partial charge in [0.05, 0.1) is 12.2 Å². The molecule has 0 spiro atoms. The maximum Gasteiger partial charge on any atom is 0.278 e. The van der Waals surface area contributed by atoms with Gasteiger partial charge in [-0.15, -0.1) is 0 Å². The summed E-state index contributed by atoms with van der Waals surface area (Å²) in [6.07, 6.45) is 6.45. The van der Waals surface area contributed by atoms with E-state index in [4.69, 9.17) is 4.52 Å². The van der Waals surface area contributed by atoms with Crippen molar-refractivity contribution < 1.29 is 9.32 Å². The number of rotatable bonds is 5. The lowest BCUT2D eigenvalue weighted by atomic mass is 10.2. The second kappa shape index (κ2) is 4.72. The van der Waals surface area contributed by atoms with E-state index < -0.39 is 0 Å². The lowest BCUT2D eigenvalue weighted by molar-refractivity contribution is 0.101. The molecule has 2 aliphatic carbocycles. The minimum absolute atomic E-state index is 0.240. The number of nitrogens with zero attached hydrogens (tertiary/aromatic N) is 3. The summed E-state index contributed by atoms with van der Waals surface area (Å²) in [7, 11) is 0. The van der Waals surface area contributed by atoms with Crippen LogP contribution >= 0.6 is 0 Å². The van der Waals surface area contributed by atoms with Gasteiger partial charge >= 0.3 is 0 Å². The van der Waals surface area contributed by atoms with Crippen LogP contribution in [-0.4, -0.2) is 20.8 Å². The number of hydrogen-bond donors (Lipinski definition) is 1. The molecule has 1 N–H and O–H groups in total. The standard InChI is InChI=1S/C15H18N4O2/c1-9(10-2-3-10)19-14(6-7-16-19)17-15(20)12-8-13(21-18-12)11-4-5-11/h6-11H,2-5H2,1H3,(H,17,20). The van der Waals surface area contributed by atoms with Gasteiger partial charge in [-0.2, -0.15) is 5.10 Å². The van der Waals surface area contributed by atoms with E-state index in [0.29, 0.717) is 23.6 Å². The van der Waals surface area contributed by atoms with E-state index in [-0.39, 0.29) is 5.91 Å². The van der Waals surface area contributed by atoms with Crippen molar-refractivity contribution in [1.29, 1.82) is 0 Å². The van der Waals surface area contributed by atoms with Crippen LogP contribution in [0.25, 0.3) is 0 Å². The second-order valence-corrected chi connectivity index (χ2v) is 6.08. The van der Waals surface area contributed by atoms with Crippen LogP contribution in [0.2, 0.25) is 0 Å². The first-order valence-corrected chi connectivity index (χ1v) is 7.54. The molecule has 2 aromatic rings. The fraction of sp³-hybridized carbons (Fsp3) is 0.533. The Morgan fingerprint density at radius 3 is 2.95 bits per heavy atom. The number of carbonyl (C=O) groups is 1. The topological polar surface area (TPSA) is 73.0 Å². The van der Waals surface area contributed by atoms with E-state index in [2.05, 4.69) is 22.5 Å². The van der Waals surface area contributed by atoms with E-state index in [1.807, 2.05) is 10.7 Å². The summed E-state index contributed by atoms with van der Waals surface area (Å²) in [5.41, 5.74) is 0.337. The number of carbonyl (C=O) groups excluding carboxylic acids is 1. The van der Waals surface area contributed by atoms with Gasteiger partial charge in [-0.05, 0) is 38.5 Å². The Balaban J connectivity index is 1.49. The fourth-order valence-corrected chi connectivity index (χ4v) is 2.65. The van der Waals surface area contributed by atoms with E-state index in [1.54, 1.807) is 12.3 Å². The highest BCUT2D eigenvalue weighted by Gasteiger charge is 2.31. The molecule has 0 bridgehead atoms. The highest BCUT2D eigenvalue weighted by molar-refractivity contribution is 6.02. The van der Waals surface area contributed by atoms with E-state index in [1.165, 1.54) is 12.8 Å². The predicted molar refractivity (Wildman–Crippen MR) is 76.1 cm³/mol. The molecule has 1 atom stereocenters. The largest absolute Gasteiger partial charge is 0.360 e. The van der Waals surface area contributed by atoms with Crippen molar-refractivity contribution in [3.63, 3.8) is 0 Å². The Kier molecular flexibility index (Phi) is 2.83. The maximum atomic E-state index is 12.3. The van der Waals surface area contributed by atoms with E-state index in [0.717, 1.165) is 24.4 Å². The van der Waals surface area contributed by atoms with E-state index >= 15 is 0 Å². The molecule has 4 rings (SSSR count). The third kappa shape index (κ3) is 2.46. The molecule has 2 aromatic heterocycles. The number of hydrogen-bond acceptors (Lipinski definition) is 4. The summed E-state index contributed by atoms with van der Waals surface area (Å²) < 4.78 is 7.11. The maximum absolute atomic E-state index is 12.3. The van der Waals surface area contributed by atoms with Gasteiger partial charge in [-0.1, -0.05) is 5.16 Å². The minimum atomic E-state index is -0.240. The first kappa shape index (κ1) is 12.6. The van der Waals surface area contributed by atoms with Crippen molar-refractivity contribution in [3.8, 4) is 0 Å². The smallest absolute Gasteiger partial charge is 0.278 e. The normalized spacial score (nSPS) is 19.5. The molecule has 2 heterocycles. The van der Waals surface area contributed by atoms with Crippen LogP contribution < -0.4 is 5.32 Å². The molecule has 1 unspecified atom stereocenters. The molecule has 0 saturated heterocycles. The molecule has 1 amide bonds. The third-order valence-electron chi connectivity index (χ3n) is 4.34. The zero-order valence-corrected chi connectivity index (χ0v) is 12.0. The number of amides is 1. The summed E-state index contributed by atoms with van der Waals surface area (Å²) >= 11 is 0. The third-order valence-corrected chi connectivity index (χ3v) is 4.34. The Labute approximate surface area is 122 Å². The fourth-order valence-electron chi connectivity index (χ4n) is 2.65. The van der Waals surface area contributed by atoms with Gasteiger partial charge in [0.1, 0.15) is 11.6 Å². The summed E-state index contributed by atoms with van der Waals surface area (Å²) in [6, 6.07) is 3.88. The van der Waals surface area contributed by atoms with Gasteiger partial charge in [-0.3, -0.25) is 4.79 Å². The molecular weight excluding hydrogens is 268 g/mol. The first-order chi connectivity index (χ1) is 10.2. The van der Waals surface area contributed by atoms with Crippen molar-refractivity contribution in [1.82, 2.24) is 14.9 Å². The Hall–Kier alpha value is -2.11. The van der Waals surface area contributed by atoms with Crippen molar-refractivity contribution in [2.24, 2.45) is 5.92 Å². The van der Waals surface area contributed by atoms with Crippen LogP contribution in [0.5, 0.6) is 0 Å². The number of aromatic nitrogens is 3. The number of nitrogens with one attached hydrogen (secondary N) is 1. The molecule has 0 aliphatic heterocycles. The van der Waals surface area contributed by atoms with Crippen LogP contribution in [0.4, 0.5) is 5.82 Å². The molecule has 6 nitrogen and oxygen atoms in total. The monoisotopic (exact) mass is 286 g/mol. The Bertz CT molecular complexity index is 667. The van der Waals surface area contributed by atoms with Crippen molar-refractivity contribution in [2.45, 2.75) is 44.6 Å². The Morgan fingerprint density at radius 2 is 2.24 bits per heavy atom. The summed E-state index contributed by atoms with van der Waals surface area (Å²) in [5.74, 6) is 2.43. The molecule has 21 heavy (non-hydrogen) atoms. The van der Waals surface area contributed by atoms with Crippen LogP contribution in [0.1, 0.15) is 60.8 Å². The molecular formula is C15H18N4O2. The van der Waals surface area contributed by atoms with Crippen LogP contribution in [-0.2, 0) is 0 Å². The molecule has 6 heteroatoms. The van der Waals surface area contributed by atoms with Crippen molar-refractivity contribution in [3.05, 3.63) is 29.8 Å². The van der Waals surface area contributed by atoms with Crippen molar-refractivity contribution >= 4 is 11.7 Å². The lowest BCUT2D eigenvalue weighted by Gasteiger charge is -2.14. The molecule has 2 fully saturated rings. The zero-order valence-electron chi connectivity index (χ0n) is 12.0. The van der Waals surface area contributed by atoms with E-state index in [9.17, 15) is 4.79 Å².